The maximum absolute atomic E-state index is 14.7. The summed E-state index contributed by atoms with van der Waals surface area (Å²) in [5.74, 6) is 0.560. The fourth-order valence-electron chi connectivity index (χ4n) is 5.79. The first kappa shape index (κ1) is 29.3. The Morgan fingerprint density at radius 3 is 2.46 bits per heavy atom. The highest BCUT2D eigenvalue weighted by Crippen LogP contribution is 2.28. The van der Waals surface area contributed by atoms with E-state index in [1.807, 2.05) is 32.8 Å². The van der Waals surface area contributed by atoms with Crippen molar-refractivity contribution < 1.29 is 12.8 Å². The quantitative estimate of drug-likeness (QED) is 0.408. The molecule has 0 spiro atoms. The maximum atomic E-state index is 14.7. The van der Waals surface area contributed by atoms with Gasteiger partial charge in [-0.3, -0.25) is 14.1 Å². The summed E-state index contributed by atoms with van der Waals surface area (Å²) in [6.45, 7) is 4.80. The fraction of sp³-hybridized carbons (Fsp3) is 0.571. The molecule has 2 fully saturated rings. The van der Waals surface area contributed by atoms with E-state index >= 15 is 0 Å². The highest BCUT2D eigenvalue weighted by Gasteiger charge is 2.32. The molecule has 2 N–H and O–H groups in total. The summed E-state index contributed by atoms with van der Waals surface area (Å²) >= 11 is 0. The lowest BCUT2D eigenvalue weighted by molar-refractivity contribution is 0.109. The van der Waals surface area contributed by atoms with Crippen LogP contribution in [0.2, 0.25) is 0 Å². The number of rotatable bonds is 8. The molecule has 0 aromatic carbocycles. The van der Waals surface area contributed by atoms with Crippen molar-refractivity contribution in [3.63, 3.8) is 0 Å². The molecule has 3 aromatic rings. The van der Waals surface area contributed by atoms with E-state index in [2.05, 4.69) is 25.0 Å². The molecule has 3 aromatic heterocycles. The maximum Gasteiger partial charge on any atom is 0.302 e. The van der Waals surface area contributed by atoms with Crippen molar-refractivity contribution >= 4 is 33.0 Å². The van der Waals surface area contributed by atoms with Gasteiger partial charge in [-0.1, -0.05) is 6.42 Å². The molecule has 13 heteroatoms. The van der Waals surface area contributed by atoms with Crippen LogP contribution < -0.4 is 15.6 Å². The first-order valence-electron chi connectivity index (χ1n) is 14.3. The summed E-state index contributed by atoms with van der Waals surface area (Å²) in [5, 5.41) is 3.95. The minimum atomic E-state index is -3.68. The topological polar surface area (TPSA) is 125 Å². The number of aromatic nitrogens is 4. The van der Waals surface area contributed by atoms with Gasteiger partial charge >= 0.3 is 10.2 Å². The highest BCUT2D eigenvalue weighted by atomic mass is 32.2. The lowest BCUT2D eigenvalue weighted by Crippen LogP contribution is -2.44. The molecule has 11 nitrogen and oxygen atoms in total. The molecule has 0 amide bonds. The van der Waals surface area contributed by atoms with Gasteiger partial charge < -0.3 is 10.2 Å². The number of piperidine rings is 1. The molecule has 1 saturated carbocycles. The first-order chi connectivity index (χ1) is 19.5. The Morgan fingerprint density at radius 2 is 1.83 bits per heavy atom. The van der Waals surface area contributed by atoms with Gasteiger partial charge in [0, 0.05) is 66.5 Å². The van der Waals surface area contributed by atoms with Gasteiger partial charge in [0.25, 0.3) is 5.56 Å². The number of nitrogens with one attached hydrogen (secondary N) is 2. The summed E-state index contributed by atoms with van der Waals surface area (Å²) in [6.07, 6.45) is 6.85. The SMILES string of the molecule is CC(C)n1c(=O)c(-c2ccc(NS(=O)(=O)N3CCCCC3)nc2)cc2cnc(N[C@H]3CC[C@H](N(C)C)C(F)C3)nc21. The molecule has 222 valence electrons. The molecular weight excluding hydrogens is 547 g/mol. The number of hydrogen-bond acceptors (Lipinski definition) is 8. The van der Waals surface area contributed by atoms with Crippen molar-refractivity contribution in [2.45, 2.75) is 76.7 Å². The van der Waals surface area contributed by atoms with Gasteiger partial charge in [0.2, 0.25) is 5.95 Å². The third-order valence-corrected chi connectivity index (χ3v) is 9.50. The van der Waals surface area contributed by atoms with Crippen LogP contribution in [0.15, 0.2) is 35.4 Å². The number of pyridine rings is 2. The fourth-order valence-corrected chi connectivity index (χ4v) is 7.04. The second kappa shape index (κ2) is 12.0. The van der Waals surface area contributed by atoms with E-state index in [1.165, 1.54) is 10.5 Å². The third kappa shape index (κ3) is 6.36. The van der Waals surface area contributed by atoms with Gasteiger partial charge in [-0.15, -0.1) is 0 Å². The Hall–Kier alpha value is -3.16. The van der Waals surface area contributed by atoms with Crippen LogP contribution >= 0.6 is 0 Å². The van der Waals surface area contributed by atoms with E-state index in [1.54, 1.807) is 29.0 Å². The molecule has 1 saturated heterocycles. The second-order valence-electron chi connectivity index (χ2n) is 11.5. The molecule has 4 heterocycles. The number of anilines is 2. The minimum Gasteiger partial charge on any atom is -0.351 e. The minimum absolute atomic E-state index is 0.0888. The molecule has 3 atom stereocenters. The van der Waals surface area contributed by atoms with Gasteiger partial charge in [-0.05, 0) is 71.8 Å². The predicted octanol–water partition coefficient (Wildman–Crippen LogP) is 3.81. The van der Waals surface area contributed by atoms with Crippen molar-refractivity contribution in [1.29, 1.82) is 0 Å². The Kier molecular flexibility index (Phi) is 8.57. The van der Waals surface area contributed by atoms with Gasteiger partial charge in [0.15, 0.2) is 0 Å². The zero-order chi connectivity index (χ0) is 29.3. The average Bonchev–Trinajstić information content (AvgIpc) is 2.93. The van der Waals surface area contributed by atoms with E-state index in [-0.39, 0.29) is 29.5 Å². The summed E-state index contributed by atoms with van der Waals surface area (Å²) in [5.41, 5.74) is 1.22. The van der Waals surface area contributed by atoms with Crippen molar-refractivity contribution in [3.8, 4) is 11.1 Å². The van der Waals surface area contributed by atoms with Crippen LogP contribution in [0.4, 0.5) is 16.2 Å². The standard InChI is InChI=1S/C28H39FN8O3S/c1-18(2)37-26-20(17-31-28(33-26)32-21-9-10-24(35(3)4)23(29)15-21)14-22(27(37)38)19-8-11-25(30-16-19)34-41(39,40)36-12-6-5-7-13-36/h8,11,14,16-18,21,23-24H,5-7,9-10,12-13,15H2,1-4H3,(H,30,34)(H,31,32,33)/t21-,23?,24-/m0/s1. The predicted molar refractivity (Wildman–Crippen MR) is 159 cm³/mol. The van der Waals surface area contributed by atoms with Gasteiger partial charge in [-0.2, -0.15) is 17.7 Å². The van der Waals surface area contributed by atoms with Crippen LogP contribution in [0.1, 0.15) is 58.4 Å². The summed E-state index contributed by atoms with van der Waals surface area (Å²) in [7, 11) is 0.120. The smallest absolute Gasteiger partial charge is 0.302 e. The number of halogens is 1. The largest absolute Gasteiger partial charge is 0.351 e. The van der Waals surface area contributed by atoms with Crippen molar-refractivity contribution in [2.24, 2.45) is 0 Å². The lowest BCUT2D eigenvalue weighted by atomic mass is 9.89. The van der Waals surface area contributed by atoms with Crippen LogP contribution in [-0.4, -0.2) is 82.6 Å². The van der Waals surface area contributed by atoms with Crippen molar-refractivity contribution in [2.75, 3.05) is 37.2 Å². The Morgan fingerprint density at radius 1 is 1.07 bits per heavy atom. The third-order valence-electron chi connectivity index (χ3n) is 7.99. The van der Waals surface area contributed by atoms with Crippen molar-refractivity contribution in [3.05, 3.63) is 40.9 Å². The highest BCUT2D eigenvalue weighted by molar-refractivity contribution is 7.90. The Bertz CT molecular complexity index is 1540. The van der Waals surface area contributed by atoms with Gasteiger partial charge in [-0.25, -0.2) is 14.4 Å². The van der Waals surface area contributed by atoms with Gasteiger partial charge in [0.1, 0.15) is 17.6 Å². The molecule has 1 unspecified atom stereocenters. The monoisotopic (exact) mass is 586 g/mol. The van der Waals surface area contributed by atoms with Crippen LogP contribution in [0.3, 0.4) is 0 Å². The molecule has 0 radical (unpaired) electrons. The molecule has 41 heavy (non-hydrogen) atoms. The van der Waals surface area contributed by atoms with Crippen LogP contribution in [-0.2, 0) is 10.2 Å². The summed E-state index contributed by atoms with van der Waals surface area (Å²) < 4.78 is 45.8. The summed E-state index contributed by atoms with van der Waals surface area (Å²) in [6, 6.07) is 4.61. The van der Waals surface area contributed by atoms with E-state index in [0.29, 0.717) is 47.6 Å². The molecule has 1 aliphatic carbocycles. The van der Waals surface area contributed by atoms with E-state index in [0.717, 1.165) is 32.1 Å². The lowest BCUT2D eigenvalue weighted by Gasteiger charge is -2.35. The number of alkyl halides is 1. The normalized spacial score (nSPS) is 22.4. The zero-order valence-electron chi connectivity index (χ0n) is 24.0. The van der Waals surface area contributed by atoms with Crippen LogP contribution in [0.5, 0.6) is 0 Å². The zero-order valence-corrected chi connectivity index (χ0v) is 24.9. The summed E-state index contributed by atoms with van der Waals surface area (Å²) in [4.78, 5) is 29.0. The van der Waals surface area contributed by atoms with Gasteiger partial charge in [0.05, 0.1) is 0 Å². The molecule has 2 aliphatic rings. The first-order valence-corrected chi connectivity index (χ1v) is 15.7. The number of fused-ring (bicyclic) bond motifs is 1. The molecule has 0 bridgehead atoms. The Balaban J connectivity index is 1.39. The van der Waals surface area contributed by atoms with Crippen LogP contribution in [0.25, 0.3) is 22.2 Å². The molecule has 1 aliphatic heterocycles. The number of hydrogen-bond donors (Lipinski definition) is 2. The second-order valence-corrected chi connectivity index (χ2v) is 13.2. The van der Waals surface area contributed by atoms with E-state index < -0.39 is 16.4 Å². The van der Waals surface area contributed by atoms with Crippen LogP contribution in [0, 0.1) is 0 Å². The molecule has 5 rings (SSSR count). The number of nitrogens with zero attached hydrogens (tertiary/aromatic N) is 6. The molecular formula is C28H39FN8O3S. The average molecular weight is 587 g/mol. The Labute approximate surface area is 240 Å². The van der Waals surface area contributed by atoms with E-state index in [4.69, 9.17) is 0 Å². The van der Waals surface area contributed by atoms with Crippen molar-refractivity contribution in [1.82, 2.24) is 28.7 Å². The van der Waals surface area contributed by atoms with E-state index in [9.17, 15) is 17.6 Å².